The number of ether oxygens (including phenoxy) is 3. The third kappa shape index (κ3) is 3.01. The van der Waals surface area contributed by atoms with Crippen LogP contribution in [-0.4, -0.2) is 56.1 Å². The fourth-order valence-corrected chi connectivity index (χ4v) is 2.78. The van der Waals surface area contributed by atoms with Crippen molar-refractivity contribution < 1.29 is 19.0 Å². The summed E-state index contributed by atoms with van der Waals surface area (Å²) in [4.78, 5) is 18.2. The molecule has 2 saturated heterocycles. The van der Waals surface area contributed by atoms with E-state index in [0.717, 1.165) is 31.9 Å². The zero-order valence-corrected chi connectivity index (χ0v) is 12.2. The van der Waals surface area contributed by atoms with E-state index in [0.29, 0.717) is 25.4 Å². The van der Waals surface area contributed by atoms with E-state index >= 15 is 0 Å². The fourth-order valence-electron chi connectivity index (χ4n) is 2.78. The van der Waals surface area contributed by atoms with Gasteiger partial charge in [0.2, 0.25) is 0 Å². The number of carbonyl (C=O) groups is 1. The number of hydrogen-bond acceptors (Lipinski definition) is 6. The molecule has 0 saturated carbocycles. The summed E-state index contributed by atoms with van der Waals surface area (Å²) >= 11 is 0. The lowest BCUT2D eigenvalue weighted by molar-refractivity contribution is -0.0581. The zero-order valence-electron chi connectivity index (χ0n) is 12.2. The average Bonchev–Trinajstić information content (AvgIpc) is 2.95. The molecular formula is C15H20N2O4. The summed E-state index contributed by atoms with van der Waals surface area (Å²) in [5.74, 6) is 0.525. The Labute approximate surface area is 124 Å². The second-order valence-corrected chi connectivity index (χ2v) is 5.38. The first-order chi connectivity index (χ1) is 10.2. The van der Waals surface area contributed by atoms with Gasteiger partial charge in [0.15, 0.2) is 0 Å². The van der Waals surface area contributed by atoms with Gasteiger partial charge in [0.1, 0.15) is 11.4 Å². The molecule has 1 aromatic rings. The van der Waals surface area contributed by atoms with E-state index in [1.165, 1.54) is 0 Å². The first kappa shape index (κ1) is 14.3. The van der Waals surface area contributed by atoms with Gasteiger partial charge in [0.05, 0.1) is 31.9 Å². The average molecular weight is 292 g/mol. The normalized spacial score (nSPS) is 25.3. The predicted molar refractivity (Wildman–Crippen MR) is 76.5 cm³/mol. The lowest BCUT2D eigenvalue weighted by Gasteiger charge is -2.40. The Bertz CT molecular complexity index is 497. The molecule has 3 heterocycles. The van der Waals surface area contributed by atoms with E-state index in [2.05, 4.69) is 9.88 Å². The molecule has 6 nitrogen and oxygen atoms in total. The smallest absolute Gasteiger partial charge is 0.339 e. The molecule has 0 amide bonds. The molecule has 3 rings (SSSR count). The number of carbonyl (C=O) groups excluding carboxylic acids is 1. The maximum atomic E-state index is 11.6. The molecule has 0 aromatic carbocycles. The fraction of sp³-hybridized carbons (Fsp3) is 0.600. The van der Waals surface area contributed by atoms with E-state index in [1.807, 2.05) is 6.07 Å². The summed E-state index contributed by atoms with van der Waals surface area (Å²) in [6.45, 7) is 5.80. The quantitative estimate of drug-likeness (QED) is 0.782. The summed E-state index contributed by atoms with van der Waals surface area (Å²) in [7, 11) is 0. The van der Waals surface area contributed by atoms with Crippen LogP contribution in [0.3, 0.4) is 0 Å². The highest BCUT2D eigenvalue weighted by Crippen LogP contribution is 2.29. The SMILES string of the molecule is CCOC(=O)c1ccc(N2CCOC3(CCOC3)C2)nc1. The highest BCUT2D eigenvalue weighted by molar-refractivity contribution is 5.89. The minimum Gasteiger partial charge on any atom is -0.462 e. The molecule has 6 heteroatoms. The molecule has 0 bridgehead atoms. The second kappa shape index (κ2) is 5.99. The lowest BCUT2D eigenvalue weighted by Crippen LogP contribution is -2.52. The molecule has 114 valence electrons. The van der Waals surface area contributed by atoms with Crippen molar-refractivity contribution >= 4 is 11.8 Å². The van der Waals surface area contributed by atoms with Crippen LogP contribution in [0, 0.1) is 0 Å². The van der Waals surface area contributed by atoms with Crippen LogP contribution in [0.4, 0.5) is 5.82 Å². The van der Waals surface area contributed by atoms with Gasteiger partial charge in [-0.05, 0) is 19.1 Å². The standard InChI is InChI=1S/C15H20N2O4/c1-2-20-14(18)12-3-4-13(16-9-12)17-6-8-21-15(10-17)5-7-19-11-15/h3-4,9H,2,5-8,10-11H2,1H3. The second-order valence-electron chi connectivity index (χ2n) is 5.38. The number of esters is 1. The molecule has 0 aliphatic carbocycles. The van der Waals surface area contributed by atoms with E-state index in [-0.39, 0.29) is 11.6 Å². The highest BCUT2D eigenvalue weighted by atomic mass is 16.6. The Morgan fingerprint density at radius 2 is 2.38 bits per heavy atom. The third-order valence-corrected chi connectivity index (χ3v) is 3.90. The van der Waals surface area contributed by atoms with Gasteiger partial charge in [-0.1, -0.05) is 0 Å². The van der Waals surface area contributed by atoms with E-state index < -0.39 is 0 Å². The van der Waals surface area contributed by atoms with Crippen molar-refractivity contribution in [3.05, 3.63) is 23.9 Å². The van der Waals surface area contributed by atoms with Crippen molar-refractivity contribution in [1.82, 2.24) is 4.98 Å². The lowest BCUT2D eigenvalue weighted by atomic mass is 10.0. The van der Waals surface area contributed by atoms with Gasteiger partial charge < -0.3 is 19.1 Å². The Morgan fingerprint density at radius 3 is 3.05 bits per heavy atom. The number of rotatable bonds is 3. The van der Waals surface area contributed by atoms with Gasteiger partial charge >= 0.3 is 5.97 Å². The van der Waals surface area contributed by atoms with Crippen LogP contribution in [0.1, 0.15) is 23.7 Å². The molecule has 2 fully saturated rings. The summed E-state index contributed by atoms with van der Waals surface area (Å²) < 4.78 is 16.3. The maximum Gasteiger partial charge on any atom is 0.339 e. The minimum atomic E-state index is -0.334. The van der Waals surface area contributed by atoms with Crippen LogP contribution < -0.4 is 4.90 Å². The number of morpholine rings is 1. The van der Waals surface area contributed by atoms with Crippen molar-refractivity contribution in [3.8, 4) is 0 Å². The topological polar surface area (TPSA) is 60.9 Å². The third-order valence-electron chi connectivity index (χ3n) is 3.90. The maximum absolute atomic E-state index is 11.6. The first-order valence-electron chi connectivity index (χ1n) is 7.32. The van der Waals surface area contributed by atoms with Crippen molar-refractivity contribution in [2.45, 2.75) is 18.9 Å². The van der Waals surface area contributed by atoms with Crippen LogP contribution in [0.5, 0.6) is 0 Å². The Hall–Kier alpha value is -1.66. The first-order valence-corrected chi connectivity index (χ1v) is 7.32. The van der Waals surface area contributed by atoms with E-state index in [4.69, 9.17) is 14.2 Å². The van der Waals surface area contributed by atoms with Crippen LogP contribution in [-0.2, 0) is 14.2 Å². The zero-order chi connectivity index (χ0) is 14.7. The van der Waals surface area contributed by atoms with Gasteiger partial charge in [-0.3, -0.25) is 0 Å². The molecule has 1 aromatic heterocycles. The summed E-state index contributed by atoms with van der Waals surface area (Å²) in [5.41, 5.74) is 0.285. The highest BCUT2D eigenvalue weighted by Gasteiger charge is 2.40. The number of anilines is 1. The summed E-state index contributed by atoms with van der Waals surface area (Å²) in [6, 6.07) is 3.62. The van der Waals surface area contributed by atoms with E-state index in [9.17, 15) is 4.79 Å². The number of aromatic nitrogens is 1. The van der Waals surface area contributed by atoms with Crippen molar-refractivity contribution in [3.63, 3.8) is 0 Å². The Kier molecular flexibility index (Phi) is 4.07. The van der Waals surface area contributed by atoms with Crippen molar-refractivity contribution in [2.24, 2.45) is 0 Å². The van der Waals surface area contributed by atoms with Crippen LogP contribution in [0.2, 0.25) is 0 Å². The molecule has 1 unspecified atom stereocenters. The van der Waals surface area contributed by atoms with Gasteiger partial charge in [0, 0.05) is 25.8 Å². The largest absolute Gasteiger partial charge is 0.462 e. The Balaban J connectivity index is 1.70. The number of hydrogen-bond donors (Lipinski definition) is 0. The van der Waals surface area contributed by atoms with E-state index in [1.54, 1.807) is 19.2 Å². The van der Waals surface area contributed by atoms with Crippen LogP contribution in [0.15, 0.2) is 18.3 Å². The molecule has 2 aliphatic rings. The molecule has 0 N–H and O–H groups in total. The van der Waals surface area contributed by atoms with Gasteiger partial charge in [-0.25, -0.2) is 9.78 Å². The molecule has 1 spiro atoms. The molecule has 0 radical (unpaired) electrons. The van der Waals surface area contributed by atoms with Crippen LogP contribution >= 0.6 is 0 Å². The molecule has 2 aliphatic heterocycles. The monoisotopic (exact) mass is 292 g/mol. The minimum absolute atomic E-state index is 0.195. The Morgan fingerprint density at radius 1 is 1.48 bits per heavy atom. The molecule has 1 atom stereocenters. The number of pyridine rings is 1. The van der Waals surface area contributed by atoms with Crippen molar-refractivity contribution in [1.29, 1.82) is 0 Å². The predicted octanol–water partition coefficient (Wildman–Crippen LogP) is 1.25. The summed E-state index contributed by atoms with van der Waals surface area (Å²) in [6.07, 6.45) is 2.49. The van der Waals surface area contributed by atoms with Gasteiger partial charge in [-0.15, -0.1) is 0 Å². The van der Waals surface area contributed by atoms with Gasteiger partial charge in [0.25, 0.3) is 0 Å². The molecule has 21 heavy (non-hydrogen) atoms. The summed E-state index contributed by atoms with van der Waals surface area (Å²) in [5, 5.41) is 0. The molecular weight excluding hydrogens is 272 g/mol. The van der Waals surface area contributed by atoms with Crippen LogP contribution in [0.25, 0.3) is 0 Å². The van der Waals surface area contributed by atoms with Crippen molar-refractivity contribution in [2.75, 3.05) is 44.4 Å². The number of nitrogens with zero attached hydrogens (tertiary/aromatic N) is 2. The van der Waals surface area contributed by atoms with Gasteiger partial charge in [-0.2, -0.15) is 0 Å².